The first-order valence-corrected chi connectivity index (χ1v) is 11.4. The predicted molar refractivity (Wildman–Crippen MR) is 115 cm³/mol. The highest BCUT2D eigenvalue weighted by atomic mass is 16.5. The zero-order valence-electron chi connectivity index (χ0n) is 18.5. The van der Waals surface area contributed by atoms with Crippen molar-refractivity contribution in [3.8, 4) is 0 Å². The number of ether oxygens (including phenoxy) is 1. The molecule has 2 aliphatic rings. The zero-order chi connectivity index (χ0) is 21.9. The van der Waals surface area contributed by atoms with Crippen molar-refractivity contribution in [1.82, 2.24) is 10.2 Å². The van der Waals surface area contributed by atoms with Crippen LogP contribution in [0.1, 0.15) is 71.1 Å². The number of carbonyl (C=O) groups is 3. The van der Waals surface area contributed by atoms with Crippen molar-refractivity contribution >= 4 is 17.8 Å². The van der Waals surface area contributed by atoms with E-state index in [1.165, 1.54) is 4.90 Å². The number of amides is 2. The van der Waals surface area contributed by atoms with E-state index in [2.05, 4.69) is 24.4 Å². The molecule has 0 radical (unpaired) electrons. The molecule has 2 amide bonds. The maximum absolute atomic E-state index is 12.3. The first-order valence-electron chi connectivity index (χ1n) is 11.4. The van der Waals surface area contributed by atoms with Crippen LogP contribution in [0, 0.1) is 11.8 Å². The lowest BCUT2D eigenvalue weighted by molar-refractivity contribution is -0.137. The molecular formula is C23H38N2O5. The molecule has 0 aliphatic carbocycles. The van der Waals surface area contributed by atoms with Crippen LogP contribution in [0.15, 0.2) is 12.2 Å². The number of likely N-dealkylation sites (N-methyl/N-ethyl adjacent to an activating group) is 1. The minimum absolute atomic E-state index is 0.0211. The molecular weight excluding hydrogens is 384 g/mol. The van der Waals surface area contributed by atoms with Crippen molar-refractivity contribution in [2.24, 2.45) is 11.8 Å². The fraction of sp³-hybridized carbons (Fsp3) is 0.783. The molecule has 0 unspecified atom stereocenters. The summed E-state index contributed by atoms with van der Waals surface area (Å²) in [5.41, 5.74) is 0. The average molecular weight is 423 g/mol. The fourth-order valence-corrected chi connectivity index (χ4v) is 4.53. The first-order chi connectivity index (χ1) is 14.4. The number of unbranched alkanes of at least 4 members (excludes halogenated alkanes) is 3. The monoisotopic (exact) mass is 422 g/mol. The summed E-state index contributed by atoms with van der Waals surface area (Å²) in [5, 5.41) is 11.7. The maximum atomic E-state index is 12.3. The Kier molecular flexibility index (Phi) is 10.3. The van der Waals surface area contributed by atoms with Gasteiger partial charge in [-0.3, -0.25) is 14.4 Å². The van der Waals surface area contributed by atoms with Crippen LogP contribution in [-0.2, 0) is 19.1 Å². The Balaban J connectivity index is 1.73. The molecule has 0 spiro atoms. The number of carbonyl (C=O) groups excluding carboxylic acids is 2. The van der Waals surface area contributed by atoms with Crippen LogP contribution in [0.3, 0.4) is 0 Å². The fourth-order valence-electron chi connectivity index (χ4n) is 4.53. The second kappa shape index (κ2) is 12.7. The average Bonchev–Trinajstić information content (AvgIpc) is 3.30. The Bertz CT molecular complexity index is 606. The van der Waals surface area contributed by atoms with Gasteiger partial charge in [-0.25, -0.2) is 0 Å². The standard InChI is InChI=1S/C23H38N2O5/c1-3-4-7-11-22(27)25(2)16-21(26)24-15-18-17(19-13-14-20(18)30-19)10-8-5-6-9-12-23(28)29/h5,8,17-20H,3-4,6-7,9-16H2,1-2H3,(H,24,26)(H,28,29)/t17-,18+,19-,20+/m1/s1. The Morgan fingerprint density at radius 1 is 1.07 bits per heavy atom. The topological polar surface area (TPSA) is 95.9 Å². The number of aliphatic carboxylic acids is 1. The smallest absolute Gasteiger partial charge is 0.303 e. The summed E-state index contributed by atoms with van der Waals surface area (Å²) in [4.78, 5) is 36.5. The second-order valence-electron chi connectivity index (χ2n) is 8.62. The van der Waals surface area contributed by atoms with Crippen LogP contribution < -0.4 is 5.32 Å². The highest BCUT2D eigenvalue weighted by Gasteiger charge is 2.47. The molecule has 2 saturated heterocycles. The number of hydrogen-bond acceptors (Lipinski definition) is 4. The van der Waals surface area contributed by atoms with Crippen molar-refractivity contribution < 1.29 is 24.2 Å². The van der Waals surface area contributed by atoms with Gasteiger partial charge in [0.25, 0.3) is 0 Å². The van der Waals surface area contributed by atoms with Gasteiger partial charge in [0, 0.05) is 32.4 Å². The van der Waals surface area contributed by atoms with Gasteiger partial charge >= 0.3 is 5.97 Å². The molecule has 2 heterocycles. The van der Waals surface area contributed by atoms with Crippen LogP contribution in [0.2, 0.25) is 0 Å². The van der Waals surface area contributed by atoms with Crippen LogP contribution in [0.25, 0.3) is 0 Å². The summed E-state index contributed by atoms with van der Waals surface area (Å²) in [6, 6.07) is 0. The summed E-state index contributed by atoms with van der Waals surface area (Å²) >= 11 is 0. The molecule has 4 atom stereocenters. The van der Waals surface area contributed by atoms with E-state index >= 15 is 0 Å². The molecule has 2 rings (SSSR count). The molecule has 30 heavy (non-hydrogen) atoms. The molecule has 7 heteroatoms. The van der Waals surface area contributed by atoms with E-state index in [-0.39, 0.29) is 37.0 Å². The van der Waals surface area contributed by atoms with Gasteiger partial charge in [-0.15, -0.1) is 0 Å². The van der Waals surface area contributed by atoms with Crippen molar-refractivity contribution in [3.63, 3.8) is 0 Å². The highest BCUT2D eigenvalue weighted by molar-refractivity contribution is 5.84. The molecule has 2 aliphatic heterocycles. The quantitative estimate of drug-likeness (QED) is 0.331. The van der Waals surface area contributed by atoms with Gasteiger partial charge in [0.15, 0.2) is 0 Å². The minimum atomic E-state index is -0.756. The summed E-state index contributed by atoms with van der Waals surface area (Å²) in [7, 11) is 1.69. The molecule has 2 bridgehead atoms. The second-order valence-corrected chi connectivity index (χ2v) is 8.62. The Hall–Kier alpha value is -1.89. The van der Waals surface area contributed by atoms with Crippen molar-refractivity contribution in [1.29, 1.82) is 0 Å². The Morgan fingerprint density at radius 3 is 2.50 bits per heavy atom. The summed E-state index contributed by atoms with van der Waals surface area (Å²) in [6.07, 6.45) is 12.8. The van der Waals surface area contributed by atoms with E-state index in [1.54, 1.807) is 7.05 Å². The van der Waals surface area contributed by atoms with Crippen LogP contribution in [-0.4, -0.2) is 60.1 Å². The SMILES string of the molecule is CCCCCC(=O)N(C)CC(=O)NC[C@H]1[C@@H](CC=CCCCC(=O)O)[C@H]2CC[C@@H]1O2. The Labute approximate surface area is 180 Å². The number of rotatable bonds is 14. The van der Waals surface area contributed by atoms with E-state index in [1.807, 2.05) is 0 Å². The van der Waals surface area contributed by atoms with Gasteiger partial charge in [-0.2, -0.15) is 0 Å². The number of carboxylic acids is 1. The van der Waals surface area contributed by atoms with Crippen molar-refractivity contribution in [2.45, 2.75) is 83.3 Å². The maximum Gasteiger partial charge on any atom is 0.303 e. The zero-order valence-corrected chi connectivity index (χ0v) is 18.5. The summed E-state index contributed by atoms with van der Waals surface area (Å²) in [6.45, 7) is 2.78. The highest BCUT2D eigenvalue weighted by Crippen LogP contribution is 2.44. The number of hydrogen-bond donors (Lipinski definition) is 2. The molecule has 2 N–H and O–H groups in total. The third-order valence-electron chi connectivity index (χ3n) is 6.26. The molecule has 170 valence electrons. The lowest BCUT2D eigenvalue weighted by Gasteiger charge is -2.27. The van der Waals surface area contributed by atoms with E-state index in [9.17, 15) is 14.4 Å². The number of nitrogens with zero attached hydrogens (tertiary/aromatic N) is 1. The number of fused-ring (bicyclic) bond motifs is 2. The molecule has 0 aromatic rings. The third-order valence-corrected chi connectivity index (χ3v) is 6.26. The van der Waals surface area contributed by atoms with Gasteiger partial charge in [-0.1, -0.05) is 31.9 Å². The van der Waals surface area contributed by atoms with Gasteiger partial charge in [0.05, 0.1) is 18.8 Å². The van der Waals surface area contributed by atoms with Crippen molar-refractivity contribution in [2.75, 3.05) is 20.1 Å². The van der Waals surface area contributed by atoms with E-state index in [4.69, 9.17) is 9.84 Å². The van der Waals surface area contributed by atoms with E-state index in [0.29, 0.717) is 31.2 Å². The number of carboxylic acid groups (broad SMARTS) is 1. The normalized spacial score (nSPS) is 25.0. The number of allylic oxidation sites excluding steroid dienone is 2. The molecule has 0 saturated carbocycles. The lowest BCUT2D eigenvalue weighted by Crippen LogP contribution is -2.43. The lowest BCUT2D eigenvalue weighted by atomic mass is 9.77. The third kappa shape index (κ3) is 7.74. The minimum Gasteiger partial charge on any atom is -0.481 e. The van der Waals surface area contributed by atoms with E-state index < -0.39 is 5.97 Å². The molecule has 2 fully saturated rings. The predicted octanol–water partition coefficient (Wildman–Crippen LogP) is 3.14. The number of nitrogens with one attached hydrogen (secondary N) is 1. The largest absolute Gasteiger partial charge is 0.481 e. The summed E-state index contributed by atoms with van der Waals surface area (Å²) in [5.74, 6) is -0.177. The van der Waals surface area contributed by atoms with Gasteiger partial charge < -0.3 is 20.1 Å². The van der Waals surface area contributed by atoms with Crippen molar-refractivity contribution in [3.05, 3.63) is 12.2 Å². The summed E-state index contributed by atoms with van der Waals surface area (Å²) < 4.78 is 6.09. The van der Waals surface area contributed by atoms with Gasteiger partial charge in [0.1, 0.15) is 0 Å². The van der Waals surface area contributed by atoms with Crippen LogP contribution in [0.4, 0.5) is 0 Å². The van der Waals surface area contributed by atoms with Gasteiger partial charge in [0.2, 0.25) is 11.8 Å². The van der Waals surface area contributed by atoms with Gasteiger partial charge in [-0.05, 0) is 44.4 Å². The molecule has 7 nitrogen and oxygen atoms in total. The van der Waals surface area contributed by atoms with Crippen LogP contribution >= 0.6 is 0 Å². The van der Waals surface area contributed by atoms with Crippen LogP contribution in [0.5, 0.6) is 0 Å². The van der Waals surface area contributed by atoms with E-state index in [0.717, 1.165) is 44.9 Å². The molecule has 0 aromatic heterocycles. The molecule has 0 aromatic carbocycles. The Morgan fingerprint density at radius 2 is 1.80 bits per heavy atom. The first kappa shape index (κ1) is 24.4.